The Morgan fingerprint density at radius 1 is 1.13 bits per heavy atom. The van der Waals surface area contributed by atoms with Gasteiger partial charge in [0.1, 0.15) is 11.3 Å². The van der Waals surface area contributed by atoms with Crippen LogP contribution >= 0.6 is 0 Å². The first kappa shape index (κ1) is 21.2. The number of benzene rings is 2. The zero-order chi connectivity index (χ0) is 22.0. The zero-order valence-corrected chi connectivity index (χ0v) is 17.0. The molecule has 0 aliphatic carbocycles. The van der Waals surface area contributed by atoms with Crippen LogP contribution in [0, 0.1) is 6.92 Å². The van der Waals surface area contributed by atoms with Gasteiger partial charge in [-0.3, -0.25) is 4.90 Å². The van der Waals surface area contributed by atoms with Crippen LogP contribution < -0.4 is 15.7 Å². The van der Waals surface area contributed by atoms with Gasteiger partial charge in [0.15, 0.2) is 0 Å². The second-order valence-corrected chi connectivity index (χ2v) is 7.87. The number of likely N-dealkylation sites (tertiary alicyclic amines) is 1. The van der Waals surface area contributed by atoms with Crippen molar-refractivity contribution in [1.29, 1.82) is 0 Å². The average molecular weight is 432 g/mol. The van der Waals surface area contributed by atoms with Crippen LogP contribution in [0.25, 0.3) is 11.0 Å². The summed E-state index contributed by atoms with van der Waals surface area (Å²) in [6, 6.07) is 13.5. The molecule has 0 spiro atoms. The summed E-state index contributed by atoms with van der Waals surface area (Å²) in [5.41, 5.74) is 2.79. The number of anilines is 1. The molecule has 0 unspecified atom stereocenters. The lowest BCUT2D eigenvalue weighted by Gasteiger charge is -2.33. The van der Waals surface area contributed by atoms with Gasteiger partial charge in [0.25, 0.3) is 0 Å². The van der Waals surface area contributed by atoms with Crippen LogP contribution in [0.15, 0.2) is 57.7 Å². The standard InChI is InChI=1S/C23H23F3N2O3/c1-15-5-6-21-19(11-15)20(13-22(29)30-21)27-17-7-9-28(10-8-17)14-16-3-2-4-18(12-16)31-23(24,25)26/h2-6,11-13,17,27H,7-10,14H2,1H3. The fraction of sp³-hybridized carbons (Fsp3) is 0.348. The maximum Gasteiger partial charge on any atom is 0.573 e. The van der Waals surface area contributed by atoms with E-state index >= 15 is 0 Å². The first-order chi connectivity index (χ1) is 14.7. The molecule has 164 valence electrons. The number of hydrogen-bond donors (Lipinski definition) is 1. The Labute approximate surface area is 177 Å². The lowest BCUT2D eigenvalue weighted by molar-refractivity contribution is -0.274. The molecule has 2 aromatic carbocycles. The smallest absolute Gasteiger partial charge is 0.423 e. The lowest BCUT2D eigenvalue weighted by Crippen LogP contribution is -2.38. The van der Waals surface area contributed by atoms with Crippen LogP contribution in [-0.2, 0) is 6.54 Å². The zero-order valence-electron chi connectivity index (χ0n) is 17.0. The molecule has 4 rings (SSSR count). The van der Waals surface area contributed by atoms with Crippen LogP contribution in [-0.4, -0.2) is 30.4 Å². The van der Waals surface area contributed by atoms with Gasteiger partial charge in [-0.15, -0.1) is 13.2 Å². The van der Waals surface area contributed by atoms with Crippen molar-refractivity contribution in [2.75, 3.05) is 18.4 Å². The van der Waals surface area contributed by atoms with Crippen molar-refractivity contribution in [2.45, 2.75) is 38.7 Å². The van der Waals surface area contributed by atoms with E-state index in [0.29, 0.717) is 12.1 Å². The molecule has 0 amide bonds. The van der Waals surface area contributed by atoms with E-state index in [1.807, 2.05) is 19.1 Å². The second-order valence-electron chi connectivity index (χ2n) is 7.87. The molecule has 1 saturated heterocycles. The van der Waals surface area contributed by atoms with Gasteiger partial charge in [-0.25, -0.2) is 4.79 Å². The molecule has 1 aromatic heterocycles. The van der Waals surface area contributed by atoms with Crippen molar-refractivity contribution < 1.29 is 22.3 Å². The quantitative estimate of drug-likeness (QED) is 0.570. The molecule has 8 heteroatoms. The molecule has 0 bridgehead atoms. The van der Waals surface area contributed by atoms with Gasteiger partial charge in [0, 0.05) is 37.1 Å². The molecule has 0 radical (unpaired) electrons. The topological polar surface area (TPSA) is 54.7 Å². The summed E-state index contributed by atoms with van der Waals surface area (Å²) in [5, 5.41) is 4.36. The van der Waals surface area contributed by atoms with Gasteiger partial charge in [0.05, 0.1) is 5.69 Å². The first-order valence-corrected chi connectivity index (χ1v) is 10.1. The molecule has 1 fully saturated rings. The summed E-state index contributed by atoms with van der Waals surface area (Å²) < 4.78 is 46.6. The first-order valence-electron chi connectivity index (χ1n) is 10.1. The summed E-state index contributed by atoms with van der Waals surface area (Å²) in [7, 11) is 0. The van der Waals surface area contributed by atoms with E-state index in [1.54, 1.807) is 18.2 Å². The van der Waals surface area contributed by atoms with Gasteiger partial charge in [-0.05, 0) is 49.6 Å². The van der Waals surface area contributed by atoms with Crippen LogP contribution in [0.2, 0.25) is 0 Å². The third-order valence-electron chi connectivity index (χ3n) is 5.38. The number of fused-ring (bicyclic) bond motifs is 1. The lowest BCUT2D eigenvalue weighted by atomic mass is 10.0. The molecule has 0 saturated carbocycles. The molecular formula is C23H23F3N2O3. The van der Waals surface area contributed by atoms with E-state index in [-0.39, 0.29) is 11.8 Å². The molecule has 2 heterocycles. The van der Waals surface area contributed by atoms with Crippen molar-refractivity contribution in [1.82, 2.24) is 4.90 Å². The van der Waals surface area contributed by atoms with Crippen molar-refractivity contribution in [2.24, 2.45) is 0 Å². The highest BCUT2D eigenvalue weighted by Crippen LogP contribution is 2.27. The Morgan fingerprint density at radius 2 is 1.90 bits per heavy atom. The average Bonchev–Trinajstić information content (AvgIpc) is 2.69. The Balaban J connectivity index is 1.38. The third kappa shape index (κ3) is 5.58. The summed E-state index contributed by atoms with van der Waals surface area (Å²) >= 11 is 0. The molecule has 1 N–H and O–H groups in total. The van der Waals surface area contributed by atoms with E-state index < -0.39 is 12.0 Å². The molecular weight excluding hydrogens is 409 g/mol. The number of nitrogens with one attached hydrogen (secondary N) is 1. The normalized spacial score (nSPS) is 15.9. The van der Waals surface area contributed by atoms with Crippen molar-refractivity contribution >= 4 is 16.7 Å². The predicted octanol–water partition coefficient (Wildman–Crippen LogP) is 5.08. The van der Waals surface area contributed by atoms with Crippen LogP contribution in [0.5, 0.6) is 5.75 Å². The monoisotopic (exact) mass is 432 g/mol. The van der Waals surface area contributed by atoms with Crippen molar-refractivity contribution in [3.63, 3.8) is 0 Å². The Bertz CT molecular complexity index is 1120. The number of nitrogens with zero attached hydrogens (tertiary/aromatic N) is 1. The Morgan fingerprint density at radius 3 is 2.65 bits per heavy atom. The van der Waals surface area contributed by atoms with E-state index in [4.69, 9.17) is 4.42 Å². The molecule has 31 heavy (non-hydrogen) atoms. The molecule has 3 aromatic rings. The van der Waals surface area contributed by atoms with Gasteiger partial charge >= 0.3 is 12.0 Å². The highest BCUT2D eigenvalue weighted by Gasteiger charge is 2.31. The summed E-state index contributed by atoms with van der Waals surface area (Å²) in [6.45, 7) is 4.13. The SMILES string of the molecule is Cc1ccc2oc(=O)cc(NC3CCN(Cc4cccc(OC(F)(F)F)c4)CC3)c2c1. The number of piperidine rings is 1. The summed E-state index contributed by atoms with van der Waals surface area (Å²) in [6.07, 6.45) is -2.99. The fourth-order valence-corrected chi connectivity index (χ4v) is 3.95. The minimum absolute atomic E-state index is 0.196. The highest BCUT2D eigenvalue weighted by atomic mass is 19.4. The van der Waals surface area contributed by atoms with Gasteiger partial charge < -0.3 is 14.5 Å². The van der Waals surface area contributed by atoms with E-state index in [0.717, 1.165) is 48.1 Å². The highest BCUT2D eigenvalue weighted by molar-refractivity contribution is 5.90. The van der Waals surface area contributed by atoms with Crippen molar-refractivity contribution in [3.05, 3.63) is 70.1 Å². The number of hydrogen-bond acceptors (Lipinski definition) is 5. The predicted molar refractivity (Wildman–Crippen MR) is 112 cm³/mol. The molecule has 1 aliphatic heterocycles. The van der Waals surface area contributed by atoms with Crippen LogP contribution in [0.3, 0.4) is 0 Å². The van der Waals surface area contributed by atoms with Crippen LogP contribution in [0.4, 0.5) is 18.9 Å². The maximum atomic E-state index is 12.4. The van der Waals surface area contributed by atoms with Gasteiger partial charge in [-0.2, -0.15) is 0 Å². The van der Waals surface area contributed by atoms with Gasteiger partial charge in [-0.1, -0.05) is 23.8 Å². The van der Waals surface area contributed by atoms with Crippen LogP contribution in [0.1, 0.15) is 24.0 Å². The van der Waals surface area contributed by atoms with E-state index in [9.17, 15) is 18.0 Å². The summed E-state index contributed by atoms with van der Waals surface area (Å²) in [4.78, 5) is 14.1. The minimum atomic E-state index is -4.69. The number of ether oxygens (including phenoxy) is 1. The fourth-order valence-electron chi connectivity index (χ4n) is 3.95. The third-order valence-corrected chi connectivity index (χ3v) is 5.38. The van der Waals surface area contributed by atoms with E-state index in [2.05, 4.69) is 15.0 Å². The number of alkyl halides is 3. The minimum Gasteiger partial charge on any atom is -0.423 e. The van der Waals surface area contributed by atoms with E-state index in [1.165, 1.54) is 18.2 Å². The van der Waals surface area contributed by atoms with Gasteiger partial charge in [0.2, 0.25) is 0 Å². The Hall–Kier alpha value is -3.00. The van der Waals surface area contributed by atoms with Crippen molar-refractivity contribution in [3.8, 4) is 5.75 Å². The number of halogens is 3. The number of rotatable bonds is 5. The number of aryl methyl sites for hydroxylation is 1. The molecule has 5 nitrogen and oxygen atoms in total. The Kier molecular flexibility index (Phi) is 5.91. The largest absolute Gasteiger partial charge is 0.573 e. The summed E-state index contributed by atoms with van der Waals surface area (Å²) in [5.74, 6) is -0.202. The maximum absolute atomic E-state index is 12.4. The molecule has 0 atom stereocenters. The second kappa shape index (κ2) is 8.63. The molecule has 1 aliphatic rings.